The van der Waals surface area contributed by atoms with Crippen LogP contribution in [0.5, 0.6) is 11.5 Å². The summed E-state index contributed by atoms with van der Waals surface area (Å²) in [7, 11) is 3.30. The molecule has 0 radical (unpaired) electrons. The molecule has 136 valence electrons. The zero-order valence-electron chi connectivity index (χ0n) is 14.8. The highest BCUT2D eigenvalue weighted by Gasteiger charge is 2.08. The lowest BCUT2D eigenvalue weighted by Gasteiger charge is -2.12. The SMILES string of the molecule is COc1ccc(OC)c(SNc2cccc(-c3ccc4nncn4n3)c2)c1. The van der Waals surface area contributed by atoms with Crippen LogP contribution in [-0.4, -0.2) is 34.0 Å². The smallest absolute Gasteiger partial charge is 0.177 e. The first-order valence-electron chi connectivity index (χ1n) is 8.19. The number of nitrogens with zero attached hydrogens (tertiary/aromatic N) is 4. The van der Waals surface area contributed by atoms with E-state index in [2.05, 4.69) is 20.0 Å². The molecule has 0 atom stereocenters. The van der Waals surface area contributed by atoms with E-state index in [4.69, 9.17) is 9.47 Å². The highest BCUT2D eigenvalue weighted by molar-refractivity contribution is 8.00. The number of hydrogen-bond donors (Lipinski definition) is 1. The Morgan fingerprint density at radius 3 is 2.78 bits per heavy atom. The Labute approximate surface area is 160 Å². The number of fused-ring (bicyclic) bond motifs is 1. The zero-order chi connectivity index (χ0) is 18.6. The van der Waals surface area contributed by atoms with Gasteiger partial charge in [-0.15, -0.1) is 10.2 Å². The molecule has 4 aromatic rings. The number of anilines is 1. The Bertz CT molecular complexity index is 1080. The van der Waals surface area contributed by atoms with Gasteiger partial charge in [0, 0.05) is 11.3 Å². The lowest BCUT2D eigenvalue weighted by Crippen LogP contribution is -1.94. The van der Waals surface area contributed by atoms with E-state index in [1.165, 1.54) is 11.9 Å². The molecule has 2 heterocycles. The molecule has 27 heavy (non-hydrogen) atoms. The predicted molar refractivity (Wildman–Crippen MR) is 105 cm³/mol. The monoisotopic (exact) mass is 379 g/mol. The number of aromatic nitrogens is 4. The number of rotatable bonds is 6. The maximum Gasteiger partial charge on any atom is 0.177 e. The Morgan fingerprint density at radius 2 is 1.93 bits per heavy atom. The van der Waals surface area contributed by atoms with Crippen molar-refractivity contribution in [3.63, 3.8) is 0 Å². The van der Waals surface area contributed by atoms with Gasteiger partial charge < -0.3 is 14.2 Å². The topological polar surface area (TPSA) is 73.6 Å². The molecule has 0 fully saturated rings. The second-order valence-electron chi connectivity index (χ2n) is 5.65. The van der Waals surface area contributed by atoms with Gasteiger partial charge in [0.15, 0.2) is 5.65 Å². The normalized spacial score (nSPS) is 10.7. The van der Waals surface area contributed by atoms with Crippen LogP contribution in [-0.2, 0) is 0 Å². The molecule has 0 amide bonds. The second kappa shape index (κ2) is 7.55. The quantitative estimate of drug-likeness (QED) is 0.509. The fourth-order valence-corrected chi connectivity index (χ4v) is 3.38. The van der Waals surface area contributed by atoms with Crippen molar-refractivity contribution in [1.82, 2.24) is 19.8 Å². The van der Waals surface area contributed by atoms with Crippen molar-refractivity contribution >= 4 is 23.3 Å². The Hall–Kier alpha value is -3.26. The largest absolute Gasteiger partial charge is 0.497 e. The van der Waals surface area contributed by atoms with Crippen LogP contribution in [0.15, 0.2) is 65.8 Å². The van der Waals surface area contributed by atoms with E-state index in [0.717, 1.165) is 33.3 Å². The van der Waals surface area contributed by atoms with E-state index in [9.17, 15) is 0 Å². The molecule has 7 nitrogen and oxygen atoms in total. The first kappa shape index (κ1) is 17.2. The van der Waals surface area contributed by atoms with Gasteiger partial charge in [-0.1, -0.05) is 12.1 Å². The second-order valence-corrected chi connectivity index (χ2v) is 6.50. The molecule has 2 aromatic carbocycles. The average molecular weight is 379 g/mol. The van der Waals surface area contributed by atoms with Crippen molar-refractivity contribution in [1.29, 1.82) is 0 Å². The van der Waals surface area contributed by atoms with Crippen molar-refractivity contribution in [2.75, 3.05) is 18.9 Å². The third kappa shape index (κ3) is 3.65. The molecule has 0 aliphatic rings. The molecule has 4 rings (SSSR count). The van der Waals surface area contributed by atoms with E-state index in [-0.39, 0.29) is 0 Å². The van der Waals surface area contributed by atoms with Gasteiger partial charge in [-0.05, 0) is 54.4 Å². The summed E-state index contributed by atoms with van der Waals surface area (Å²) >= 11 is 1.46. The maximum atomic E-state index is 5.42. The number of methoxy groups -OCH3 is 2. The molecule has 0 saturated carbocycles. The first-order valence-corrected chi connectivity index (χ1v) is 9.01. The van der Waals surface area contributed by atoms with Gasteiger partial charge in [0.2, 0.25) is 0 Å². The van der Waals surface area contributed by atoms with E-state index in [1.807, 2.05) is 54.6 Å². The van der Waals surface area contributed by atoms with Crippen LogP contribution < -0.4 is 14.2 Å². The molecule has 1 N–H and O–H groups in total. The van der Waals surface area contributed by atoms with Gasteiger partial charge in [0.1, 0.15) is 17.8 Å². The summed E-state index contributed by atoms with van der Waals surface area (Å²) in [6.45, 7) is 0. The summed E-state index contributed by atoms with van der Waals surface area (Å²) in [4.78, 5) is 0.936. The standard InChI is InChI=1S/C19H17N5O2S/c1-25-15-6-8-17(26-2)18(11-15)27-23-14-5-3-4-13(10-14)16-7-9-19-21-20-12-24(19)22-16/h3-12,23H,1-2H3. The zero-order valence-corrected chi connectivity index (χ0v) is 15.6. The Balaban J connectivity index is 1.56. The van der Waals surface area contributed by atoms with Gasteiger partial charge in [-0.25, -0.2) is 0 Å². The van der Waals surface area contributed by atoms with Crippen LogP contribution in [0.4, 0.5) is 5.69 Å². The molecule has 8 heteroatoms. The van der Waals surface area contributed by atoms with Gasteiger partial charge in [-0.2, -0.15) is 9.61 Å². The van der Waals surface area contributed by atoms with E-state index >= 15 is 0 Å². The van der Waals surface area contributed by atoms with E-state index in [0.29, 0.717) is 5.65 Å². The van der Waals surface area contributed by atoms with Crippen LogP contribution in [0.1, 0.15) is 0 Å². The highest BCUT2D eigenvalue weighted by atomic mass is 32.2. The van der Waals surface area contributed by atoms with Crippen molar-refractivity contribution in [2.45, 2.75) is 4.90 Å². The molecular weight excluding hydrogens is 362 g/mol. The Kier molecular flexibility index (Phi) is 4.80. The van der Waals surface area contributed by atoms with Gasteiger partial charge in [0.25, 0.3) is 0 Å². The summed E-state index contributed by atoms with van der Waals surface area (Å²) in [5.41, 5.74) is 3.51. The van der Waals surface area contributed by atoms with Crippen LogP contribution >= 0.6 is 11.9 Å². The molecule has 0 aliphatic carbocycles. The van der Waals surface area contributed by atoms with Crippen molar-refractivity contribution in [2.24, 2.45) is 0 Å². The summed E-state index contributed by atoms with van der Waals surface area (Å²) < 4.78 is 15.7. The third-order valence-corrected chi connectivity index (χ3v) is 4.85. The van der Waals surface area contributed by atoms with Crippen molar-refractivity contribution in [3.8, 4) is 22.8 Å². The predicted octanol–water partition coefficient (Wildman–Crippen LogP) is 3.93. The minimum atomic E-state index is 0.716. The minimum Gasteiger partial charge on any atom is -0.497 e. The first-order chi connectivity index (χ1) is 13.3. The molecule has 0 bridgehead atoms. The average Bonchev–Trinajstić information content (AvgIpc) is 3.20. The minimum absolute atomic E-state index is 0.716. The summed E-state index contributed by atoms with van der Waals surface area (Å²) in [5, 5.41) is 12.4. The van der Waals surface area contributed by atoms with Crippen LogP contribution in [0, 0.1) is 0 Å². The number of benzene rings is 2. The van der Waals surface area contributed by atoms with Crippen LogP contribution in [0.2, 0.25) is 0 Å². The third-order valence-electron chi connectivity index (χ3n) is 3.97. The molecule has 0 spiro atoms. The van der Waals surface area contributed by atoms with Crippen molar-refractivity contribution < 1.29 is 9.47 Å². The number of ether oxygens (including phenoxy) is 2. The van der Waals surface area contributed by atoms with Gasteiger partial charge in [-0.3, -0.25) is 0 Å². The lowest BCUT2D eigenvalue weighted by atomic mass is 10.1. The van der Waals surface area contributed by atoms with Gasteiger partial charge >= 0.3 is 0 Å². The molecule has 0 saturated heterocycles. The van der Waals surface area contributed by atoms with Crippen molar-refractivity contribution in [3.05, 3.63) is 60.9 Å². The fraction of sp³-hybridized carbons (Fsp3) is 0.105. The summed E-state index contributed by atoms with van der Waals surface area (Å²) in [6.07, 6.45) is 1.59. The lowest BCUT2D eigenvalue weighted by molar-refractivity contribution is 0.394. The number of nitrogens with one attached hydrogen (secondary N) is 1. The maximum absolute atomic E-state index is 5.42. The summed E-state index contributed by atoms with van der Waals surface area (Å²) in [5.74, 6) is 1.56. The molecular formula is C19H17N5O2S. The molecule has 0 unspecified atom stereocenters. The molecule has 0 aliphatic heterocycles. The van der Waals surface area contributed by atoms with Crippen LogP contribution in [0.25, 0.3) is 16.9 Å². The molecule has 2 aromatic heterocycles. The van der Waals surface area contributed by atoms with Gasteiger partial charge in [0.05, 0.1) is 24.8 Å². The summed E-state index contributed by atoms with van der Waals surface area (Å²) in [6, 6.07) is 17.6. The van der Waals surface area contributed by atoms with E-state index in [1.54, 1.807) is 25.1 Å². The Morgan fingerprint density at radius 1 is 1.00 bits per heavy atom. The highest BCUT2D eigenvalue weighted by Crippen LogP contribution is 2.34. The fourth-order valence-electron chi connectivity index (χ4n) is 2.60. The van der Waals surface area contributed by atoms with Crippen LogP contribution in [0.3, 0.4) is 0 Å². The number of hydrogen-bond acceptors (Lipinski definition) is 7. The van der Waals surface area contributed by atoms with E-state index < -0.39 is 0 Å².